The molecule has 106 valence electrons. The molecule has 0 aliphatic carbocycles. The Hall–Kier alpha value is -0.650. The quantitative estimate of drug-likeness (QED) is 0.930. The third-order valence-corrected chi connectivity index (χ3v) is 4.72. The molecular weight excluding hydrogens is 284 g/mol. The third kappa shape index (κ3) is 3.91. The second kappa shape index (κ2) is 6.68. The first-order valence-electron chi connectivity index (χ1n) is 6.60. The predicted octanol–water partition coefficient (Wildman–Crippen LogP) is 3.08. The van der Waals surface area contributed by atoms with E-state index in [2.05, 4.69) is 10.3 Å². The molecule has 19 heavy (non-hydrogen) atoms. The average Bonchev–Trinajstić information content (AvgIpc) is 2.79. The number of amides is 1. The van der Waals surface area contributed by atoms with Crippen LogP contribution in [0.4, 0.5) is 0 Å². The fraction of sp³-hybridized carbons (Fsp3) is 0.692. The molecule has 1 saturated heterocycles. The fourth-order valence-electron chi connectivity index (χ4n) is 2.13. The van der Waals surface area contributed by atoms with Gasteiger partial charge in [0.05, 0.1) is 0 Å². The monoisotopic (exact) mass is 302 g/mol. The zero-order valence-corrected chi connectivity index (χ0v) is 12.8. The zero-order chi connectivity index (χ0) is 13.8. The van der Waals surface area contributed by atoms with E-state index in [0.29, 0.717) is 22.6 Å². The molecule has 0 atom stereocenters. The molecule has 0 saturated carbocycles. The van der Waals surface area contributed by atoms with Crippen LogP contribution in [0.15, 0.2) is 0 Å². The van der Waals surface area contributed by atoms with Gasteiger partial charge < -0.3 is 10.1 Å². The highest BCUT2D eigenvalue weighted by atomic mass is 35.5. The minimum atomic E-state index is -0.113. The van der Waals surface area contributed by atoms with Crippen molar-refractivity contribution in [2.24, 2.45) is 5.92 Å². The normalized spacial score (nSPS) is 16.8. The van der Waals surface area contributed by atoms with E-state index < -0.39 is 0 Å². The molecule has 6 heteroatoms. The SMILES string of the molecule is CC(C)c1sc(Cl)nc1C(=O)NCC1CCOCC1. The van der Waals surface area contributed by atoms with Crippen molar-refractivity contribution in [3.05, 3.63) is 15.0 Å². The number of nitrogens with zero attached hydrogens (tertiary/aromatic N) is 1. The van der Waals surface area contributed by atoms with E-state index in [4.69, 9.17) is 16.3 Å². The highest BCUT2D eigenvalue weighted by Crippen LogP contribution is 2.29. The summed E-state index contributed by atoms with van der Waals surface area (Å²) >= 11 is 7.30. The summed E-state index contributed by atoms with van der Waals surface area (Å²) in [7, 11) is 0. The molecule has 4 nitrogen and oxygen atoms in total. The Morgan fingerprint density at radius 2 is 2.21 bits per heavy atom. The number of hydrogen-bond acceptors (Lipinski definition) is 4. The maximum absolute atomic E-state index is 12.2. The summed E-state index contributed by atoms with van der Waals surface area (Å²) in [5.74, 6) is 0.654. The number of rotatable bonds is 4. The molecule has 2 heterocycles. The van der Waals surface area contributed by atoms with Crippen molar-refractivity contribution in [2.45, 2.75) is 32.6 Å². The van der Waals surface area contributed by atoms with Crippen molar-refractivity contribution in [2.75, 3.05) is 19.8 Å². The Kier molecular flexibility index (Phi) is 5.19. The minimum absolute atomic E-state index is 0.113. The minimum Gasteiger partial charge on any atom is -0.381 e. The van der Waals surface area contributed by atoms with Gasteiger partial charge in [0.2, 0.25) is 0 Å². The van der Waals surface area contributed by atoms with Crippen molar-refractivity contribution in [3.8, 4) is 0 Å². The van der Waals surface area contributed by atoms with Crippen molar-refractivity contribution in [3.63, 3.8) is 0 Å². The largest absolute Gasteiger partial charge is 0.381 e. The molecule has 0 aromatic carbocycles. The van der Waals surface area contributed by atoms with Crippen LogP contribution in [0, 0.1) is 5.92 Å². The predicted molar refractivity (Wildman–Crippen MR) is 77.1 cm³/mol. The third-order valence-electron chi connectivity index (χ3n) is 3.26. The number of carbonyl (C=O) groups is 1. The van der Waals surface area contributed by atoms with Gasteiger partial charge in [-0.2, -0.15) is 0 Å². The lowest BCUT2D eigenvalue weighted by Gasteiger charge is -2.22. The Morgan fingerprint density at radius 3 is 2.84 bits per heavy atom. The van der Waals surface area contributed by atoms with Crippen LogP contribution in [0.2, 0.25) is 4.47 Å². The Bertz CT molecular complexity index is 442. The van der Waals surface area contributed by atoms with E-state index in [1.807, 2.05) is 13.8 Å². The summed E-state index contributed by atoms with van der Waals surface area (Å²) in [5, 5.41) is 2.97. The highest BCUT2D eigenvalue weighted by molar-refractivity contribution is 7.16. The van der Waals surface area contributed by atoms with E-state index in [1.165, 1.54) is 11.3 Å². The van der Waals surface area contributed by atoms with Gasteiger partial charge in [0, 0.05) is 24.6 Å². The maximum atomic E-state index is 12.2. The lowest BCUT2D eigenvalue weighted by atomic mass is 10.0. The van der Waals surface area contributed by atoms with E-state index >= 15 is 0 Å². The first kappa shape index (κ1) is 14.8. The molecule has 0 bridgehead atoms. The summed E-state index contributed by atoms with van der Waals surface area (Å²) < 4.78 is 5.73. The van der Waals surface area contributed by atoms with Crippen LogP contribution >= 0.6 is 22.9 Å². The van der Waals surface area contributed by atoms with Gasteiger partial charge in [-0.15, -0.1) is 11.3 Å². The molecule has 1 aliphatic rings. The summed E-state index contributed by atoms with van der Waals surface area (Å²) in [6, 6.07) is 0. The van der Waals surface area contributed by atoms with Crippen LogP contribution < -0.4 is 5.32 Å². The molecule has 0 unspecified atom stereocenters. The first-order valence-corrected chi connectivity index (χ1v) is 7.79. The smallest absolute Gasteiger partial charge is 0.271 e. The summed E-state index contributed by atoms with van der Waals surface area (Å²) in [5.41, 5.74) is 0.483. The number of halogens is 1. The van der Waals surface area contributed by atoms with Crippen molar-refractivity contribution in [1.82, 2.24) is 10.3 Å². The zero-order valence-electron chi connectivity index (χ0n) is 11.2. The van der Waals surface area contributed by atoms with Crippen LogP contribution in [-0.2, 0) is 4.74 Å². The maximum Gasteiger partial charge on any atom is 0.271 e. The van der Waals surface area contributed by atoms with Crippen molar-refractivity contribution >= 4 is 28.8 Å². The van der Waals surface area contributed by atoms with Gasteiger partial charge in [-0.3, -0.25) is 4.79 Å². The van der Waals surface area contributed by atoms with Gasteiger partial charge in [-0.25, -0.2) is 4.98 Å². The van der Waals surface area contributed by atoms with Gasteiger partial charge in [0.1, 0.15) is 5.69 Å². The van der Waals surface area contributed by atoms with E-state index in [0.717, 1.165) is 30.9 Å². The molecule has 2 rings (SSSR count). The van der Waals surface area contributed by atoms with Crippen molar-refractivity contribution in [1.29, 1.82) is 0 Å². The van der Waals surface area contributed by atoms with Gasteiger partial charge >= 0.3 is 0 Å². The van der Waals surface area contributed by atoms with E-state index in [-0.39, 0.29) is 11.8 Å². The van der Waals surface area contributed by atoms with Crippen LogP contribution in [-0.4, -0.2) is 30.6 Å². The number of hydrogen-bond donors (Lipinski definition) is 1. The van der Waals surface area contributed by atoms with Crippen LogP contribution in [0.1, 0.15) is 48.0 Å². The Balaban J connectivity index is 1.95. The number of nitrogens with one attached hydrogen (secondary N) is 1. The molecule has 0 spiro atoms. The molecule has 1 aromatic rings. The average molecular weight is 303 g/mol. The number of ether oxygens (including phenoxy) is 1. The molecule has 1 N–H and O–H groups in total. The van der Waals surface area contributed by atoms with Crippen LogP contribution in [0.5, 0.6) is 0 Å². The molecule has 1 aliphatic heterocycles. The van der Waals surface area contributed by atoms with Gasteiger partial charge in [0.15, 0.2) is 4.47 Å². The van der Waals surface area contributed by atoms with Crippen LogP contribution in [0.25, 0.3) is 0 Å². The van der Waals surface area contributed by atoms with Gasteiger partial charge in [-0.05, 0) is 24.7 Å². The Morgan fingerprint density at radius 1 is 1.53 bits per heavy atom. The molecule has 1 amide bonds. The lowest BCUT2D eigenvalue weighted by molar-refractivity contribution is 0.0642. The highest BCUT2D eigenvalue weighted by Gasteiger charge is 2.21. The van der Waals surface area contributed by atoms with E-state index in [1.54, 1.807) is 0 Å². The van der Waals surface area contributed by atoms with Crippen LogP contribution in [0.3, 0.4) is 0 Å². The summed E-state index contributed by atoms with van der Waals surface area (Å²) in [4.78, 5) is 17.3. The second-order valence-corrected chi connectivity index (χ2v) is 6.71. The summed E-state index contributed by atoms with van der Waals surface area (Å²) in [6.45, 7) is 6.35. The first-order chi connectivity index (χ1) is 9.08. The summed E-state index contributed by atoms with van der Waals surface area (Å²) in [6.07, 6.45) is 2.02. The number of aromatic nitrogens is 1. The molecule has 1 fully saturated rings. The topological polar surface area (TPSA) is 51.2 Å². The molecule has 0 radical (unpaired) electrons. The fourth-order valence-corrected chi connectivity index (χ4v) is 3.25. The Labute approximate surface area is 122 Å². The molecular formula is C13H19ClN2O2S. The van der Waals surface area contributed by atoms with Crippen molar-refractivity contribution < 1.29 is 9.53 Å². The van der Waals surface area contributed by atoms with Gasteiger partial charge in [-0.1, -0.05) is 25.4 Å². The number of carbonyl (C=O) groups excluding carboxylic acids is 1. The lowest BCUT2D eigenvalue weighted by Crippen LogP contribution is -2.32. The molecule has 1 aromatic heterocycles. The van der Waals surface area contributed by atoms with E-state index in [9.17, 15) is 4.79 Å². The number of thiazole rings is 1. The second-order valence-electron chi connectivity index (χ2n) is 5.10. The van der Waals surface area contributed by atoms with Gasteiger partial charge in [0.25, 0.3) is 5.91 Å². The standard InChI is InChI=1S/C13H19ClN2O2S/c1-8(2)11-10(16-13(14)19-11)12(17)15-7-9-3-5-18-6-4-9/h8-9H,3-7H2,1-2H3,(H,15,17).